The monoisotopic (exact) mass is 233 g/mol. The third kappa shape index (κ3) is 2.43. The van der Waals surface area contributed by atoms with Crippen molar-refractivity contribution in [1.82, 2.24) is 15.2 Å². The SMILES string of the molecule is O=C(Nc1ccc([N+](=O)[O-])cc1)c1ncn[nH]1. The van der Waals surface area contributed by atoms with Crippen molar-refractivity contribution in [3.05, 3.63) is 46.5 Å². The number of H-pyrrole nitrogens is 1. The van der Waals surface area contributed by atoms with E-state index in [2.05, 4.69) is 20.5 Å². The van der Waals surface area contributed by atoms with Crippen molar-refractivity contribution < 1.29 is 9.72 Å². The summed E-state index contributed by atoms with van der Waals surface area (Å²) in [4.78, 5) is 25.1. The summed E-state index contributed by atoms with van der Waals surface area (Å²) in [7, 11) is 0. The molecule has 1 heterocycles. The number of carbonyl (C=O) groups excluding carboxylic acids is 1. The van der Waals surface area contributed by atoms with Crippen molar-refractivity contribution in [3.8, 4) is 0 Å². The third-order valence-electron chi connectivity index (χ3n) is 1.97. The predicted molar refractivity (Wildman–Crippen MR) is 57.4 cm³/mol. The average Bonchev–Trinajstić information content (AvgIpc) is 2.83. The molecule has 2 rings (SSSR count). The number of amides is 1. The molecule has 1 amide bonds. The van der Waals surface area contributed by atoms with Crippen LogP contribution in [0.25, 0.3) is 0 Å². The summed E-state index contributed by atoms with van der Waals surface area (Å²) in [6, 6.07) is 5.48. The van der Waals surface area contributed by atoms with E-state index < -0.39 is 10.8 Å². The topological polar surface area (TPSA) is 114 Å². The van der Waals surface area contributed by atoms with Gasteiger partial charge in [-0.3, -0.25) is 20.0 Å². The number of nitrogens with one attached hydrogen (secondary N) is 2. The summed E-state index contributed by atoms with van der Waals surface area (Å²) in [6.07, 6.45) is 1.21. The minimum atomic E-state index is -0.512. The molecule has 0 aliphatic heterocycles. The molecule has 1 aromatic carbocycles. The number of aromatic nitrogens is 3. The molecule has 2 N–H and O–H groups in total. The quantitative estimate of drug-likeness (QED) is 0.605. The molecule has 1 aromatic heterocycles. The molecule has 0 atom stereocenters. The molecule has 0 saturated heterocycles. The second-order valence-corrected chi connectivity index (χ2v) is 3.09. The number of hydrogen-bond donors (Lipinski definition) is 2. The lowest BCUT2D eigenvalue weighted by Gasteiger charge is -2.01. The molecule has 2 aromatic rings. The molecular formula is C9H7N5O3. The van der Waals surface area contributed by atoms with E-state index >= 15 is 0 Å². The molecule has 0 saturated carbocycles. The Morgan fingerprint density at radius 1 is 1.35 bits per heavy atom. The number of nitrogens with zero attached hydrogens (tertiary/aromatic N) is 3. The number of carbonyl (C=O) groups is 1. The fourth-order valence-corrected chi connectivity index (χ4v) is 1.17. The van der Waals surface area contributed by atoms with Crippen LogP contribution in [0.2, 0.25) is 0 Å². The average molecular weight is 233 g/mol. The van der Waals surface area contributed by atoms with Gasteiger partial charge in [-0.15, -0.1) is 0 Å². The number of hydrogen-bond acceptors (Lipinski definition) is 5. The van der Waals surface area contributed by atoms with Crippen LogP contribution in [0.5, 0.6) is 0 Å². The summed E-state index contributed by atoms with van der Waals surface area (Å²) in [6.45, 7) is 0. The molecule has 0 unspecified atom stereocenters. The summed E-state index contributed by atoms with van der Waals surface area (Å²) in [5.74, 6) is -0.389. The Morgan fingerprint density at radius 2 is 2.06 bits per heavy atom. The number of nitro groups is 1. The van der Waals surface area contributed by atoms with Crippen LogP contribution in [0, 0.1) is 10.1 Å². The van der Waals surface area contributed by atoms with Gasteiger partial charge < -0.3 is 5.32 Å². The zero-order chi connectivity index (χ0) is 12.3. The molecule has 0 bridgehead atoms. The minimum absolute atomic E-state index is 0.0392. The van der Waals surface area contributed by atoms with Gasteiger partial charge in [-0.25, -0.2) is 4.98 Å². The highest BCUT2D eigenvalue weighted by molar-refractivity contribution is 6.01. The number of nitro benzene ring substituents is 1. The second kappa shape index (κ2) is 4.39. The fourth-order valence-electron chi connectivity index (χ4n) is 1.17. The first-order valence-electron chi connectivity index (χ1n) is 4.58. The van der Waals surface area contributed by atoms with Crippen LogP contribution in [0.4, 0.5) is 11.4 Å². The van der Waals surface area contributed by atoms with Crippen molar-refractivity contribution >= 4 is 17.3 Å². The van der Waals surface area contributed by atoms with E-state index in [0.29, 0.717) is 5.69 Å². The zero-order valence-electron chi connectivity index (χ0n) is 8.45. The van der Waals surface area contributed by atoms with Gasteiger partial charge >= 0.3 is 0 Å². The Kier molecular flexibility index (Phi) is 2.77. The number of non-ortho nitro benzene ring substituents is 1. The van der Waals surface area contributed by atoms with Gasteiger partial charge in [0, 0.05) is 17.8 Å². The van der Waals surface area contributed by atoms with Crippen LogP contribution in [-0.2, 0) is 0 Å². The number of anilines is 1. The minimum Gasteiger partial charge on any atom is -0.319 e. The van der Waals surface area contributed by atoms with Gasteiger partial charge in [0.1, 0.15) is 6.33 Å². The lowest BCUT2D eigenvalue weighted by molar-refractivity contribution is -0.384. The number of benzene rings is 1. The Bertz CT molecular complexity index is 534. The largest absolute Gasteiger partial charge is 0.319 e. The smallest absolute Gasteiger partial charge is 0.292 e. The highest BCUT2D eigenvalue weighted by Gasteiger charge is 2.10. The van der Waals surface area contributed by atoms with Crippen LogP contribution in [0.3, 0.4) is 0 Å². The van der Waals surface area contributed by atoms with E-state index in [4.69, 9.17) is 0 Å². The van der Waals surface area contributed by atoms with E-state index in [1.807, 2.05) is 0 Å². The molecule has 0 radical (unpaired) electrons. The summed E-state index contributed by atoms with van der Waals surface area (Å²) >= 11 is 0. The maximum Gasteiger partial charge on any atom is 0.292 e. The first-order valence-corrected chi connectivity index (χ1v) is 4.58. The van der Waals surface area contributed by atoms with Gasteiger partial charge in [0.05, 0.1) is 4.92 Å². The molecule has 8 nitrogen and oxygen atoms in total. The van der Waals surface area contributed by atoms with Crippen molar-refractivity contribution in [2.75, 3.05) is 5.32 Å². The molecule has 8 heteroatoms. The second-order valence-electron chi connectivity index (χ2n) is 3.09. The lowest BCUT2D eigenvalue weighted by atomic mass is 10.3. The Hall–Kier alpha value is -2.77. The van der Waals surface area contributed by atoms with Crippen LogP contribution in [0.15, 0.2) is 30.6 Å². The van der Waals surface area contributed by atoms with E-state index in [1.165, 1.54) is 30.6 Å². The Labute approximate surface area is 94.8 Å². The summed E-state index contributed by atoms with van der Waals surface area (Å²) < 4.78 is 0. The fraction of sp³-hybridized carbons (Fsp3) is 0. The molecule has 17 heavy (non-hydrogen) atoms. The maximum absolute atomic E-state index is 11.5. The first kappa shape index (κ1) is 10.7. The molecular weight excluding hydrogens is 226 g/mol. The predicted octanol–water partition coefficient (Wildman–Crippen LogP) is 0.965. The summed E-state index contributed by atoms with van der Waals surface area (Å²) in [5, 5.41) is 18.9. The highest BCUT2D eigenvalue weighted by Crippen LogP contribution is 2.15. The van der Waals surface area contributed by atoms with Crippen molar-refractivity contribution in [1.29, 1.82) is 0 Å². The van der Waals surface area contributed by atoms with Gasteiger partial charge in [0.25, 0.3) is 11.6 Å². The normalized spacial score (nSPS) is 9.88. The Morgan fingerprint density at radius 3 is 2.59 bits per heavy atom. The van der Waals surface area contributed by atoms with Crippen LogP contribution in [0.1, 0.15) is 10.6 Å². The first-order chi connectivity index (χ1) is 8.16. The van der Waals surface area contributed by atoms with Gasteiger partial charge in [0.2, 0.25) is 5.82 Å². The molecule has 0 fully saturated rings. The number of rotatable bonds is 3. The van der Waals surface area contributed by atoms with Gasteiger partial charge in [-0.05, 0) is 12.1 Å². The standard InChI is InChI=1S/C9H7N5O3/c15-9(8-10-5-11-13-8)12-6-1-3-7(4-2-6)14(16)17/h1-5H,(H,12,15)(H,10,11,13). The van der Waals surface area contributed by atoms with Crippen LogP contribution in [-0.4, -0.2) is 26.0 Å². The van der Waals surface area contributed by atoms with Gasteiger partial charge in [-0.1, -0.05) is 0 Å². The van der Waals surface area contributed by atoms with Crippen molar-refractivity contribution in [2.45, 2.75) is 0 Å². The lowest BCUT2D eigenvalue weighted by Crippen LogP contribution is -2.13. The van der Waals surface area contributed by atoms with Crippen molar-refractivity contribution in [2.24, 2.45) is 0 Å². The Balaban J connectivity index is 2.09. The van der Waals surface area contributed by atoms with E-state index in [0.717, 1.165) is 0 Å². The van der Waals surface area contributed by atoms with Crippen LogP contribution < -0.4 is 5.32 Å². The van der Waals surface area contributed by atoms with E-state index in [9.17, 15) is 14.9 Å². The number of aromatic amines is 1. The van der Waals surface area contributed by atoms with E-state index in [-0.39, 0.29) is 11.5 Å². The molecule has 0 spiro atoms. The summed E-state index contributed by atoms with van der Waals surface area (Å²) in [5.41, 5.74) is 0.402. The maximum atomic E-state index is 11.5. The third-order valence-corrected chi connectivity index (χ3v) is 1.97. The molecule has 0 aliphatic carbocycles. The molecule has 0 aliphatic rings. The molecule has 86 valence electrons. The van der Waals surface area contributed by atoms with Gasteiger partial charge in [-0.2, -0.15) is 5.10 Å². The van der Waals surface area contributed by atoms with Crippen molar-refractivity contribution in [3.63, 3.8) is 0 Å². The van der Waals surface area contributed by atoms with Gasteiger partial charge in [0.15, 0.2) is 0 Å². The zero-order valence-corrected chi connectivity index (χ0v) is 8.45. The van der Waals surface area contributed by atoms with Crippen LogP contribution >= 0.6 is 0 Å². The van der Waals surface area contributed by atoms with E-state index in [1.54, 1.807) is 0 Å². The highest BCUT2D eigenvalue weighted by atomic mass is 16.6.